The molecular formula is C55H93N5O20. The Morgan fingerprint density at radius 1 is 0.400 bits per heavy atom. The third-order valence-corrected chi connectivity index (χ3v) is 11.3. The van der Waals surface area contributed by atoms with Crippen molar-refractivity contribution in [3.63, 3.8) is 0 Å². The van der Waals surface area contributed by atoms with Gasteiger partial charge in [0.15, 0.2) is 13.2 Å². The smallest absolute Gasteiger partial charge is 0.258 e. The molecule has 0 saturated carbocycles. The molecule has 0 unspecified atom stereocenters. The van der Waals surface area contributed by atoms with Crippen LogP contribution in [-0.2, 0) is 92.1 Å². The lowest BCUT2D eigenvalue weighted by atomic mass is 10.0. The highest BCUT2D eigenvalue weighted by molar-refractivity contribution is 5.80. The van der Waals surface area contributed by atoms with Gasteiger partial charge in [0.25, 0.3) is 11.8 Å². The van der Waals surface area contributed by atoms with Crippen molar-refractivity contribution in [3.8, 4) is 11.5 Å². The molecule has 1 aromatic rings. The maximum Gasteiger partial charge on any atom is 0.258 e. The minimum Gasteiger partial charge on any atom is -0.484 e. The van der Waals surface area contributed by atoms with E-state index < -0.39 is 17.9 Å². The average Bonchev–Trinajstić information content (AvgIpc) is 3.44. The van der Waals surface area contributed by atoms with E-state index in [0.29, 0.717) is 83.1 Å². The van der Waals surface area contributed by atoms with Gasteiger partial charge < -0.3 is 83.4 Å². The Bertz CT molecular complexity index is 1680. The summed E-state index contributed by atoms with van der Waals surface area (Å²) in [5.74, 6) is -1.00. The molecule has 1 aromatic carbocycles. The molecule has 25 heteroatoms. The van der Waals surface area contributed by atoms with E-state index in [-0.39, 0.29) is 192 Å². The molecule has 1 rings (SSSR count). The van der Waals surface area contributed by atoms with E-state index in [0.717, 1.165) is 5.56 Å². The molecule has 0 bridgehead atoms. The molecule has 5 amide bonds. The van der Waals surface area contributed by atoms with E-state index in [2.05, 4.69) is 26.6 Å². The standard InChI is InChI=1S/C55H93N5O20/c1-6-43-34-49(79-41-54(67)58-19-31-73-23-13-48(63)33-44(37-75-27-14-51(64)56-17-29-71-4)38-76-28-15-52(65)57-18-30-72-5)36-50(35-43)80-42-55(68)59-20-32-74-26-16-53(66)60-45(39-77-24-11-46(61)9-7-21-69-2)40-78-25-12-47(62)10-8-22-70-3/h34-36,44-45H,6-33,37-42H2,1-5H3,(H,56,64)(H,57,65)(H,58,67)(H,59,68)(H,60,66). The number of ketones is 3. The molecular weight excluding hydrogens is 1050 g/mol. The molecule has 5 N–H and O–H groups in total. The average molecular weight is 1140 g/mol. The number of methoxy groups -OCH3 is 4. The summed E-state index contributed by atoms with van der Waals surface area (Å²) >= 11 is 0. The first-order valence-corrected chi connectivity index (χ1v) is 27.5. The lowest BCUT2D eigenvalue weighted by Crippen LogP contribution is -2.42. The van der Waals surface area contributed by atoms with Gasteiger partial charge in [-0.1, -0.05) is 6.92 Å². The second kappa shape index (κ2) is 50.7. The SMILES string of the molecule is CCc1cc(OCC(=O)NCCOCCC(=O)CC(COCCC(=O)NCCOC)COCCC(=O)NCCOC)cc(OCC(=O)NCCOCCC(=O)NC(COCCC(=O)CCCOC)COCCC(=O)CCCOC)c1. The zero-order chi connectivity index (χ0) is 58.7. The Balaban J connectivity index is 2.44. The van der Waals surface area contributed by atoms with Crippen LogP contribution in [0.5, 0.6) is 11.5 Å². The molecule has 0 heterocycles. The summed E-state index contributed by atoms with van der Waals surface area (Å²) in [7, 11) is 6.25. The van der Waals surface area contributed by atoms with Gasteiger partial charge in [0, 0.05) is 138 Å². The van der Waals surface area contributed by atoms with E-state index in [9.17, 15) is 38.4 Å². The van der Waals surface area contributed by atoms with Crippen molar-refractivity contribution in [2.24, 2.45) is 5.92 Å². The number of aryl methyl sites for hydroxylation is 1. The summed E-state index contributed by atoms with van der Waals surface area (Å²) in [4.78, 5) is 99.0. The Hall–Kier alpha value is -5.22. The molecule has 0 atom stereocenters. The van der Waals surface area contributed by atoms with Gasteiger partial charge in [-0.15, -0.1) is 0 Å². The topological polar surface area (TPSA) is 307 Å². The van der Waals surface area contributed by atoms with Crippen molar-refractivity contribution in [2.45, 2.75) is 90.0 Å². The van der Waals surface area contributed by atoms with Crippen molar-refractivity contribution in [1.29, 1.82) is 0 Å². The Labute approximate surface area is 472 Å². The molecule has 458 valence electrons. The van der Waals surface area contributed by atoms with Crippen molar-refractivity contribution >= 4 is 46.9 Å². The number of ether oxygens (including phenoxy) is 12. The number of benzene rings is 1. The highest BCUT2D eigenvalue weighted by atomic mass is 16.5. The predicted octanol–water partition coefficient (Wildman–Crippen LogP) is 1.26. The van der Waals surface area contributed by atoms with Crippen LogP contribution in [0.4, 0.5) is 0 Å². The normalized spacial score (nSPS) is 11.1. The van der Waals surface area contributed by atoms with Crippen LogP contribution in [0.2, 0.25) is 0 Å². The number of amides is 5. The number of hydrogen-bond acceptors (Lipinski definition) is 20. The van der Waals surface area contributed by atoms with E-state index in [4.69, 9.17) is 56.8 Å². The third-order valence-electron chi connectivity index (χ3n) is 11.3. The minimum absolute atomic E-state index is 0.0315. The Kier molecular flexibility index (Phi) is 46.2. The van der Waals surface area contributed by atoms with Gasteiger partial charge in [-0.3, -0.25) is 38.4 Å². The molecule has 0 aliphatic heterocycles. The number of nitrogens with one attached hydrogen (secondary N) is 5. The van der Waals surface area contributed by atoms with Gasteiger partial charge in [-0.05, 0) is 37.0 Å². The number of hydrogen-bond donors (Lipinski definition) is 5. The number of carbonyl (C=O) groups excluding carboxylic acids is 8. The molecule has 80 heavy (non-hydrogen) atoms. The highest BCUT2D eigenvalue weighted by Gasteiger charge is 2.18. The number of carbonyl (C=O) groups is 8. The molecule has 25 nitrogen and oxygen atoms in total. The molecule has 0 aromatic heterocycles. The second-order valence-corrected chi connectivity index (χ2v) is 18.3. The molecule has 0 fully saturated rings. The maximum absolute atomic E-state index is 12.9. The van der Waals surface area contributed by atoms with Gasteiger partial charge in [-0.2, -0.15) is 0 Å². The molecule has 0 saturated heterocycles. The monoisotopic (exact) mass is 1140 g/mol. The van der Waals surface area contributed by atoms with Crippen LogP contribution in [0.1, 0.15) is 83.1 Å². The third kappa shape index (κ3) is 43.6. The van der Waals surface area contributed by atoms with Gasteiger partial charge in [-0.25, -0.2) is 0 Å². The largest absolute Gasteiger partial charge is 0.484 e. The second-order valence-electron chi connectivity index (χ2n) is 18.3. The number of rotatable bonds is 56. The first kappa shape index (κ1) is 72.8. The van der Waals surface area contributed by atoms with Gasteiger partial charge in [0.1, 0.15) is 28.8 Å². The minimum atomic E-state index is -0.519. The zero-order valence-corrected chi connectivity index (χ0v) is 48.1. The summed E-state index contributed by atoms with van der Waals surface area (Å²) in [5.41, 5.74) is 0.857. The van der Waals surface area contributed by atoms with Crippen molar-refractivity contribution in [3.05, 3.63) is 23.8 Å². The van der Waals surface area contributed by atoms with Gasteiger partial charge in [0.2, 0.25) is 17.7 Å². The van der Waals surface area contributed by atoms with Crippen LogP contribution in [0.3, 0.4) is 0 Å². The van der Waals surface area contributed by atoms with Crippen LogP contribution < -0.4 is 36.1 Å². The Morgan fingerprint density at radius 3 is 1.25 bits per heavy atom. The fourth-order valence-corrected chi connectivity index (χ4v) is 6.99. The summed E-state index contributed by atoms with van der Waals surface area (Å²) in [5, 5.41) is 13.7. The lowest BCUT2D eigenvalue weighted by molar-refractivity contribution is -0.125. The van der Waals surface area contributed by atoms with Gasteiger partial charge in [0.05, 0.1) is 98.5 Å². The fraction of sp³-hybridized carbons (Fsp3) is 0.745. The summed E-state index contributed by atoms with van der Waals surface area (Å²) < 4.78 is 65.2. The first-order chi connectivity index (χ1) is 38.8. The molecule has 0 radical (unpaired) electrons. The van der Waals surface area contributed by atoms with Crippen LogP contribution in [-0.4, -0.2) is 226 Å². The summed E-state index contributed by atoms with van der Waals surface area (Å²) in [6.45, 7) is 6.07. The van der Waals surface area contributed by atoms with Crippen molar-refractivity contribution in [2.75, 3.05) is 174 Å². The van der Waals surface area contributed by atoms with E-state index in [1.54, 1.807) is 46.6 Å². The predicted molar refractivity (Wildman–Crippen MR) is 292 cm³/mol. The van der Waals surface area contributed by atoms with Crippen molar-refractivity contribution < 1.29 is 95.2 Å². The van der Waals surface area contributed by atoms with Crippen molar-refractivity contribution in [1.82, 2.24) is 26.6 Å². The maximum atomic E-state index is 12.9. The fourth-order valence-electron chi connectivity index (χ4n) is 6.99. The molecule has 0 aliphatic rings. The van der Waals surface area contributed by atoms with Crippen LogP contribution >= 0.6 is 0 Å². The Morgan fingerprint density at radius 2 is 0.787 bits per heavy atom. The molecule has 0 aliphatic carbocycles. The van der Waals surface area contributed by atoms with E-state index in [1.807, 2.05) is 6.92 Å². The summed E-state index contributed by atoms with van der Waals surface area (Å²) in [6, 6.07) is 4.60. The zero-order valence-electron chi connectivity index (χ0n) is 48.1. The van der Waals surface area contributed by atoms with Crippen LogP contribution in [0, 0.1) is 5.92 Å². The lowest BCUT2D eigenvalue weighted by Gasteiger charge is -2.19. The summed E-state index contributed by atoms with van der Waals surface area (Å²) in [6.07, 6.45) is 3.77. The van der Waals surface area contributed by atoms with Gasteiger partial charge >= 0.3 is 0 Å². The van der Waals surface area contributed by atoms with E-state index >= 15 is 0 Å². The van der Waals surface area contributed by atoms with E-state index in [1.165, 1.54) is 0 Å². The quantitative estimate of drug-likeness (QED) is 0.0574. The molecule has 0 spiro atoms. The number of Topliss-reactive ketones (excluding diaryl/α,β-unsaturated/α-hetero) is 3. The van der Waals surface area contributed by atoms with Crippen LogP contribution in [0.25, 0.3) is 0 Å². The highest BCUT2D eigenvalue weighted by Crippen LogP contribution is 2.23. The first-order valence-electron chi connectivity index (χ1n) is 27.5. The van der Waals surface area contributed by atoms with Crippen LogP contribution in [0.15, 0.2) is 18.2 Å².